The number of nitrogens with zero attached hydrogens (tertiary/aromatic N) is 1. The highest BCUT2D eigenvalue weighted by Crippen LogP contribution is 2.31. The summed E-state index contributed by atoms with van der Waals surface area (Å²) < 4.78 is 12.6. The number of hydrogen-bond donors (Lipinski definition) is 3. The lowest BCUT2D eigenvalue weighted by Gasteiger charge is -2.16. The Morgan fingerprint density at radius 2 is 1.69 bits per heavy atom. The number of carboxylic acids is 2. The molecule has 3 aromatic rings. The number of rotatable bonds is 10. The van der Waals surface area contributed by atoms with E-state index in [9.17, 15) is 33.6 Å². The van der Waals surface area contributed by atoms with Crippen LogP contribution in [0.5, 0.6) is 0 Å². The molecule has 3 unspecified atom stereocenters. The van der Waals surface area contributed by atoms with Crippen LogP contribution in [0.4, 0.5) is 0 Å². The molecule has 11 heteroatoms. The molecule has 184 valence electrons. The molecule has 0 radical (unpaired) electrons. The van der Waals surface area contributed by atoms with E-state index in [0.717, 1.165) is 0 Å². The molecule has 0 fully saturated rings. The van der Waals surface area contributed by atoms with E-state index in [-0.39, 0.29) is 17.7 Å². The van der Waals surface area contributed by atoms with E-state index in [1.165, 1.54) is 17.0 Å². The lowest BCUT2D eigenvalue weighted by atomic mass is 9.95. The number of aromatic nitrogens is 1. The topological polar surface area (TPSA) is 143 Å². The zero-order chi connectivity index (χ0) is 25.7. The fourth-order valence-electron chi connectivity index (χ4n) is 3.69. The molecule has 2 aromatic carbocycles. The summed E-state index contributed by atoms with van der Waals surface area (Å²) in [4.78, 5) is 49.4. The van der Waals surface area contributed by atoms with Crippen molar-refractivity contribution in [3.05, 3.63) is 70.9 Å². The molecule has 0 bridgehead atoms. The Bertz CT molecular complexity index is 1300. The summed E-state index contributed by atoms with van der Waals surface area (Å²) in [5.41, 5.74) is 1.04. The van der Waals surface area contributed by atoms with Crippen molar-refractivity contribution in [2.45, 2.75) is 24.8 Å². The molecule has 1 amide bonds. The van der Waals surface area contributed by atoms with Gasteiger partial charge < -0.3 is 15.5 Å². The second kappa shape index (κ2) is 11.3. The van der Waals surface area contributed by atoms with E-state index in [1.807, 2.05) is 0 Å². The van der Waals surface area contributed by atoms with Crippen molar-refractivity contribution >= 4 is 57.1 Å². The van der Waals surface area contributed by atoms with Crippen LogP contribution in [0, 0.1) is 0 Å². The van der Waals surface area contributed by atoms with E-state index in [1.54, 1.807) is 48.5 Å². The number of aliphatic carboxylic acids is 2. The quantitative estimate of drug-likeness (QED) is 0.374. The lowest BCUT2D eigenvalue weighted by molar-refractivity contribution is -0.143. The predicted molar refractivity (Wildman–Crippen MR) is 131 cm³/mol. The molecule has 0 saturated heterocycles. The molecule has 0 spiro atoms. The van der Waals surface area contributed by atoms with Gasteiger partial charge in [-0.25, -0.2) is 4.79 Å². The van der Waals surface area contributed by atoms with Gasteiger partial charge in [-0.2, -0.15) is 0 Å². The van der Waals surface area contributed by atoms with E-state index in [0.29, 0.717) is 21.5 Å². The van der Waals surface area contributed by atoms with Gasteiger partial charge in [0, 0.05) is 51.4 Å². The van der Waals surface area contributed by atoms with Gasteiger partial charge in [0.2, 0.25) is 5.91 Å². The number of halogens is 1. The fraction of sp³-hybridized carbons (Fsp3) is 0.250. The van der Waals surface area contributed by atoms with Gasteiger partial charge in [-0.3, -0.25) is 23.2 Å². The highest BCUT2D eigenvalue weighted by atomic mass is 35.5. The molecule has 1 heterocycles. The molecule has 3 N–H and O–H groups in total. The summed E-state index contributed by atoms with van der Waals surface area (Å²) in [5, 5.41) is 22.5. The lowest BCUT2D eigenvalue weighted by Crippen LogP contribution is -2.42. The molecule has 0 aliphatic heterocycles. The first-order chi connectivity index (χ1) is 16.6. The maximum atomic E-state index is 13.1. The molecule has 0 aliphatic rings. The number of para-hydroxylation sites is 1. The standard InChI is InChI=1S/C24H23ClN2O7S/c1-35(34)11-10-19(24(32)33)26-21(28)12-17(23(30)31)18-13-27(20-5-3-2-4-16(18)20)22(29)14-6-8-15(25)9-7-14/h2-9,13,17,19H,10-12H2,1H3,(H,26,28)(H,30,31)(H,32,33). The third-order valence-corrected chi connectivity index (χ3v) is 6.51. The summed E-state index contributed by atoms with van der Waals surface area (Å²) in [5.74, 6) is -5.07. The molecular weight excluding hydrogens is 496 g/mol. The van der Waals surface area contributed by atoms with Crippen LogP contribution in [0.1, 0.15) is 34.7 Å². The summed E-state index contributed by atoms with van der Waals surface area (Å²) in [7, 11) is -1.25. The number of carbonyl (C=O) groups is 4. The average Bonchev–Trinajstić information content (AvgIpc) is 3.19. The van der Waals surface area contributed by atoms with Gasteiger partial charge in [0.15, 0.2) is 0 Å². The zero-order valence-electron chi connectivity index (χ0n) is 18.6. The number of amides is 1. The van der Waals surface area contributed by atoms with Crippen molar-refractivity contribution in [1.82, 2.24) is 9.88 Å². The fourth-order valence-corrected chi connectivity index (χ4v) is 4.39. The predicted octanol–water partition coefficient (Wildman–Crippen LogP) is 2.88. The van der Waals surface area contributed by atoms with Gasteiger partial charge in [-0.05, 0) is 42.3 Å². The maximum Gasteiger partial charge on any atom is 0.326 e. The first-order valence-electron chi connectivity index (χ1n) is 10.5. The van der Waals surface area contributed by atoms with Gasteiger partial charge >= 0.3 is 11.9 Å². The summed E-state index contributed by atoms with van der Waals surface area (Å²) in [6.07, 6.45) is 2.21. The van der Waals surface area contributed by atoms with Crippen LogP contribution in [-0.2, 0) is 25.2 Å². The van der Waals surface area contributed by atoms with Crippen LogP contribution < -0.4 is 5.32 Å². The minimum Gasteiger partial charge on any atom is -0.481 e. The Morgan fingerprint density at radius 3 is 2.29 bits per heavy atom. The molecule has 1 aromatic heterocycles. The van der Waals surface area contributed by atoms with E-state index in [2.05, 4.69) is 5.32 Å². The van der Waals surface area contributed by atoms with E-state index < -0.39 is 52.9 Å². The van der Waals surface area contributed by atoms with Gasteiger partial charge in [0.05, 0.1) is 11.4 Å². The molecule has 3 rings (SSSR count). The van der Waals surface area contributed by atoms with Gasteiger partial charge in [0.1, 0.15) is 6.04 Å². The number of benzene rings is 2. The minimum absolute atomic E-state index is 0.0587. The Labute approximate surface area is 208 Å². The second-order valence-electron chi connectivity index (χ2n) is 7.90. The van der Waals surface area contributed by atoms with Crippen molar-refractivity contribution in [1.29, 1.82) is 0 Å². The second-order valence-corrected chi connectivity index (χ2v) is 9.89. The number of fused-ring (bicyclic) bond motifs is 1. The van der Waals surface area contributed by atoms with Crippen LogP contribution in [0.3, 0.4) is 0 Å². The zero-order valence-corrected chi connectivity index (χ0v) is 20.2. The van der Waals surface area contributed by atoms with Gasteiger partial charge in [-0.15, -0.1) is 0 Å². The minimum atomic E-state index is -1.34. The van der Waals surface area contributed by atoms with Crippen molar-refractivity contribution < 1.29 is 33.6 Å². The average molecular weight is 519 g/mol. The van der Waals surface area contributed by atoms with Crippen LogP contribution in [-0.4, -0.2) is 60.8 Å². The number of carboxylic acid groups (broad SMARTS) is 2. The van der Waals surface area contributed by atoms with Gasteiger partial charge in [0.25, 0.3) is 5.91 Å². The van der Waals surface area contributed by atoms with Crippen LogP contribution in [0.2, 0.25) is 5.02 Å². The Morgan fingerprint density at radius 1 is 1.03 bits per heavy atom. The highest BCUT2D eigenvalue weighted by molar-refractivity contribution is 7.84. The van der Waals surface area contributed by atoms with Crippen LogP contribution >= 0.6 is 11.6 Å². The first-order valence-corrected chi connectivity index (χ1v) is 12.6. The Hall–Kier alpha value is -3.50. The summed E-state index contributed by atoms with van der Waals surface area (Å²) >= 11 is 5.90. The Balaban J connectivity index is 1.93. The third kappa shape index (κ3) is 6.34. The molecular formula is C24H23ClN2O7S. The molecule has 3 atom stereocenters. The molecule has 9 nitrogen and oxygen atoms in total. The monoisotopic (exact) mass is 518 g/mol. The third-order valence-electron chi connectivity index (χ3n) is 5.44. The largest absolute Gasteiger partial charge is 0.481 e. The summed E-state index contributed by atoms with van der Waals surface area (Å²) in [6.45, 7) is 0. The van der Waals surface area contributed by atoms with E-state index in [4.69, 9.17) is 11.6 Å². The van der Waals surface area contributed by atoms with Crippen molar-refractivity contribution in [2.75, 3.05) is 12.0 Å². The van der Waals surface area contributed by atoms with E-state index >= 15 is 0 Å². The molecule has 35 heavy (non-hydrogen) atoms. The van der Waals surface area contributed by atoms with Crippen molar-refractivity contribution in [2.24, 2.45) is 0 Å². The Kier molecular flexibility index (Phi) is 8.42. The van der Waals surface area contributed by atoms with Gasteiger partial charge in [-0.1, -0.05) is 29.8 Å². The number of hydrogen-bond acceptors (Lipinski definition) is 5. The van der Waals surface area contributed by atoms with Crippen LogP contribution in [0.25, 0.3) is 10.9 Å². The smallest absolute Gasteiger partial charge is 0.326 e. The van der Waals surface area contributed by atoms with Crippen molar-refractivity contribution in [3.8, 4) is 0 Å². The van der Waals surface area contributed by atoms with Crippen LogP contribution in [0.15, 0.2) is 54.7 Å². The SMILES string of the molecule is CS(=O)CCC(NC(=O)CC(C(=O)O)c1cn(C(=O)c2ccc(Cl)cc2)c2ccccc12)C(=O)O. The highest BCUT2D eigenvalue weighted by Gasteiger charge is 2.30. The van der Waals surface area contributed by atoms with Crippen molar-refractivity contribution in [3.63, 3.8) is 0 Å². The summed E-state index contributed by atoms with van der Waals surface area (Å²) in [6, 6.07) is 11.7. The maximum absolute atomic E-state index is 13.1. The first kappa shape index (κ1) is 26.1. The molecule has 0 saturated carbocycles. The normalized spacial score (nSPS) is 13.7. The molecule has 0 aliphatic carbocycles. The number of carbonyl (C=O) groups excluding carboxylic acids is 2. The number of nitrogens with one attached hydrogen (secondary N) is 1.